The average molecular weight is 377 g/mol. The van der Waals surface area contributed by atoms with Crippen LogP contribution in [0, 0.1) is 5.82 Å². The first-order valence-electron chi connectivity index (χ1n) is 8.67. The largest absolute Gasteiger partial charge is 0.378 e. The first kappa shape index (κ1) is 17.3. The van der Waals surface area contributed by atoms with E-state index in [0.29, 0.717) is 19.3 Å². The molecule has 1 N–H and O–H groups in total. The topological polar surface area (TPSA) is 72.3 Å². The highest BCUT2D eigenvalue weighted by Gasteiger charge is 2.32. The molecule has 1 aromatic heterocycles. The summed E-state index contributed by atoms with van der Waals surface area (Å²) in [6, 6.07) is 6.54. The lowest BCUT2D eigenvalue weighted by Gasteiger charge is -2.27. The van der Waals surface area contributed by atoms with Gasteiger partial charge in [-0.3, -0.25) is 9.36 Å². The number of hydrogen-bond acceptors (Lipinski definition) is 6. The fourth-order valence-electron chi connectivity index (χ4n) is 2.88. The van der Waals surface area contributed by atoms with Crippen LogP contribution in [-0.2, 0) is 9.53 Å². The lowest BCUT2D eigenvalue weighted by molar-refractivity contribution is -0.113. The Morgan fingerprint density at radius 1 is 1.27 bits per heavy atom. The second-order valence-electron chi connectivity index (χ2n) is 6.30. The Labute approximate surface area is 154 Å². The summed E-state index contributed by atoms with van der Waals surface area (Å²) in [6.07, 6.45) is 2.20. The fraction of sp³-hybridized carbons (Fsp3) is 0.471. The fourth-order valence-corrected chi connectivity index (χ4v) is 3.68. The number of rotatable bonds is 6. The number of aromatic nitrogens is 3. The van der Waals surface area contributed by atoms with Gasteiger partial charge >= 0.3 is 0 Å². The highest BCUT2D eigenvalue weighted by atomic mass is 32.2. The van der Waals surface area contributed by atoms with Crippen molar-refractivity contribution in [1.29, 1.82) is 0 Å². The van der Waals surface area contributed by atoms with Gasteiger partial charge in [0.1, 0.15) is 5.82 Å². The third kappa shape index (κ3) is 3.83. The van der Waals surface area contributed by atoms with Crippen molar-refractivity contribution >= 4 is 29.3 Å². The molecular formula is C17H20FN5O2S. The van der Waals surface area contributed by atoms with Crippen molar-refractivity contribution in [3.63, 3.8) is 0 Å². The summed E-state index contributed by atoms with van der Waals surface area (Å²) in [7, 11) is 0. The van der Waals surface area contributed by atoms with Crippen LogP contribution in [0.2, 0.25) is 0 Å². The molecule has 26 heavy (non-hydrogen) atoms. The van der Waals surface area contributed by atoms with E-state index in [1.54, 1.807) is 18.2 Å². The molecule has 138 valence electrons. The third-order valence-electron chi connectivity index (χ3n) is 4.33. The Kier molecular flexibility index (Phi) is 5.07. The monoisotopic (exact) mass is 377 g/mol. The van der Waals surface area contributed by atoms with Crippen molar-refractivity contribution in [2.24, 2.45) is 0 Å². The maximum absolute atomic E-state index is 13.6. The molecule has 2 aliphatic rings. The van der Waals surface area contributed by atoms with Gasteiger partial charge in [0.15, 0.2) is 5.16 Å². The Bertz CT molecular complexity index is 789. The average Bonchev–Trinajstić information content (AvgIpc) is 3.42. The number of morpholine rings is 1. The summed E-state index contributed by atoms with van der Waals surface area (Å²) in [5, 5.41) is 12.0. The molecule has 9 heteroatoms. The molecule has 0 atom stereocenters. The number of nitrogens with one attached hydrogen (secondary N) is 1. The molecule has 0 radical (unpaired) electrons. The molecule has 1 saturated carbocycles. The molecule has 1 aliphatic carbocycles. The number of thioether (sulfide) groups is 1. The van der Waals surface area contributed by atoms with Crippen molar-refractivity contribution in [1.82, 2.24) is 14.8 Å². The molecule has 7 nitrogen and oxygen atoms in total. The smallest absolute Gasteiger partial charge is 0.234 e. The highest BCUT2D eigenvalue weighted by Crippen LogP contribution is 2.41. The minimum absolute atomic E-state index is 0.155. The lowest BCUT2D eigenvalue weighted by atomic mass is 10.3. The number of carbonyl (C=O) groups is 1. The number of carbonyl (C=O) groups excluding carboxylic acids is 1. The number of halogens is 1. The van der Waals surface area contributed by atoms with Gasteiger partial charge in [-0.2, -0.15) is 0 Å². The van der Waals surface area contributed by atoms with Crippen LogP contribution in [0.5, 0.6) is 0 Å². The van der Waals surface area contributed by atoms with Gasteiger partial charge in [-0.1, -0.05) is 23.9 Å². The van der Waals surface area contributed by atoms with E-state index in [0.717, 1.165) is 37.0 Å². The summed E-state index contributed by atoms with van der Waals surface area (Å²) in [4.78, 5) is 14.3. The van der Waals surface area contributed by atoms with Crippen molar-refractivity contribution in [2.75, 3.05) is 42.3 Å². The number of amides is 1. The molecule has 2 fully saturated rings. The van der Waals surface area contributed by atoms with Crippen LogP contribution in [0.3, 0.4) is 0 Å². The Morgan fingerprint density at radius 3 is 2.77 bits per heavy atom. The summed E-state index contributed by atoms with van der Waals surface area (Å²) in [5.74, 6) is 0.301. The summed E-state index contributed by atoms with van der Waals surface area (Å²) >= 11 is 1.33. The van der Waals surface area contributed by atoms with Crippen molar-refractivity contribution in [3.05, 3.63) is 30.1 Å². The zero-order valence-corrected chi connectivity index (χ0v) is 15.0. The van der Waals surface area contributed by atoms with E-state index in [1.807, 2.05) is 0 Å². The van der Waals surface area contributed by atoms with Crippen LogP contribution in [0.15, 0.2) is 29.4 Å². The zero-order chi connectivity index (χ0) is 17.9. The van der Waals surface area contributed by atoms with Gasteiger partial charge in [0.25, 0.3) is 0 Å². The highest BCUT2D eigenvalue weighted by molar-refractivity contribution is 7.99. The maximum Gasteiger partial charge on any atom is 0.234 e. The van der Waals surface area contributed by atoms with E-state index in [9.17, 15) is 9.18 Å². The molecule has 0 unspecified atom stereocenters. The molecule has 2 aromatic rings. The van der Waals surface area contributed by atoms with Crippen LogP contribution >= 0.6 is 11.8 Å². The van der Waals surface area contributed by atoms with E-state index in [1.165, 1.54) is 17.8 Å². The van der Waals surface area contributed by atoms with E-state index < -0.39 is 5.82 Å². The molecular weight excluding hydrogens is 357 g/mol. The van der Waals surface area contributed by atoms with E-state index in [-0.39, 0.29) is 17.3 Å². The second-order valence-corrected chi connectivity index (χ2v) is 7.24. The van der Waals surface area contributed by atoms with Gasteiger partial charge < -0.3 is 15.0 Å². The number of ether oxygens (including phenoxy) is 1. The maximum atomic E-state index is 13.6. The zero-order valence-electron chi connectivity index (χ0n) is 14.2. The first-order valence-corrected chi connectivity index (χ1v) is 9.65. The standard InChI is InChI=1S/C17H20FN5O2S/c18-13-3-1-2-4-14(13)19-15(24)11-26-17-21-20-16(23(17)12-5-6-12)22-7-9-25-10-8-22/h1-4,12H,5-11H2,(H,19,24). The molecule has 1 amide bonds. The third-order valence-corrected chi connectivity index (χ3v) is 5.28. The number of nitrogens with zero attached hydrogens (tertiary/aromatic N) is 4. The Morgan fingerprint density at radius 2 is 2.04 bits per heavy atom. The minimum Gasteiger partial charge on any atom is -0.378 e. The van der Waals surface area contributed by atoms with Gasteiger partial charge in [-0.15, -0.1) is 10.2 Å². The van der Waals surface area contributed by atoms with Crippen molar-refractivity contribution in [3.8, 4) is 0 Å². The van der Waals surface area contributed by atoms with Crippen LogP contribution in [0.1, 0.15) is 18.9 Å². The molecule has 0 bridgehead atoms. The normalized spacial score (nSPS) is 17.3. The van der Waals surface area contributed by atoms with E-state index >= 15 is 0 Å². The molecule has 0 spiro atoms. The number of hydrogen-bond donors (Lipinski definition) is 1. The molecule has 1 aliphatic heterocycles. The van der Waals surface area contributed by atoms with Gasteiger partial charge in [0, 0.05) is 19.1 Å². The second kappa shape index (κ2) is 7.63. The van der Waals surface area contributed by atoms with E-state index in [4.69, 9.17) is 4.74 Å². The number of benzene rings is 1. The van der Waals surface area contributed by atoms with Crippen LogP contribution in [0.4, 0.5) is 16.0 Å². The quantitative estimate of drug-likeness (QED) is 0.779. The summed E-state index contributed by atoms with van der Waals surface area (Å²) in [5.41, 5.74) is 0.191. The van der Waals surface area contributed by atoms with Crippen LogP contribution in [0.25, 0.3) is 0 Å². The SMILES string of the molecule is O=C(CSc1nnc(N2CCOCC2)n1C1CC1)Nc1ccccc1F. The predicted molar refractivity (Wildman–Crippen MR) is 97.1 cm³/mol. The Balaban J connectivity index is 1.42. The molecule has 4 rings (SSSR count). The molecule has 1 aromatic carbocycles. The summed E-state index contributed by atoms with van der Waals surface area (Å²) in [6.45, 7) is 2.96. The molecule has 2 heterocycles. The first-order chi connectivity index (χ1) is 12.7. The van der Waals surface area contributed by atoms with Gasteiger partial charge in [0.05, 0.1) is 24.7 Å². The Hall–Kier alpha value is -2.13. The van der Waals surface area contributed by atoms with Crippen molar-refractivity contribution < 1.29 is 13.9 Å². The van der Waals surface area contributed by atoms with Crippen LogP contribution < -0.4 is 10.2 Å². The van der Waals surface area contributed by atoms with Gasteiger partial charge in [-0.25, -0.2) is 4.39 Å². The number of anilines is 2. The van der Waals surface area contributed by atoms with E-state index in [2.05, 4.69) is 25.0 Å². The lowest BCUT2D eigenvalue weighted by Crippen LogP contribution is -2.38. The predicted octanol–water partition coefficient (Wildman–Crippen LogP) is 2.32. The minimum atomic E-state index is -0.443. The van der Waals surface area contributed by atoms with Crippen molar-refractivity contribution in [2.45, 2.75) is 24.0 Å². The number of para-hydroxylation sites is 1. The van der Waals surface area contributed by atoms with Gasteiger partial charge in [-0.05, 0) is 25.0 Å². The van der Waals surface area contributed by atoms with Crippen LogP contribution in [-0.4, -0.2) is 52.7 Å². The van der Waals surface area contributed by atoms with Gasteiger partial charge in [0.2, 0.25) is 11.9 Å². The molecule has 1 saturated heterocycles. The summed E-state index contributed by atoms with van der Waals surface area (Å²) < 4.78 is 21.2.